The van der Waals surface area contributed by atoms with E-state index in [9.17, 15) is 4.79 Å². The fourth-order valence-corrected chi connectivity index (χ4v) is 2.26. The topological polar surface area (TPSA) is 126 Å². The third-order valence-corrected chi connectivity index (χ3v) is 3.34. The quantitative estimate of drug-likeness (QED) is 0.471. The average Bonchev–Trinajstić information content (AvgIpc) is 2.98. The normalized spacial score (nSPS) is 14.6. The maximum absolute atomic E-state index is 11.2. The number of hydrazine groups is 1. The molecule has 0 bridgehead atoms. The Morgan fingerprint density at radius 3 is 2.52 bits per heavy atom. The number of amides is 1. The Labute approximate surface area is 123 Å². The molecule has 1 aromatic rings. The SMILES string of the molecule is CC(C)N(CC(N)=O)c1nc(NN)nc(N2CCCC2)n1. The number of aromatic nitrogens is 3. The first kappa shape index (κ1) is 15.2. The van der Waals surface area contributed by atoms with E-state index < -0.39 is 5.91 Å². The first-order valence-corrected chi connectivity index (χ1v) is 7.04. The number of carbonyl (C=O) groups is 1. The molecule has 0 spiro atoms. The van der Waals surface area contributed by atoms with E-state index in [-0.39, 0.29) is 18.5 Å². The van der Waals surface area contributed by atoms with Gasteiger partial charge >= 0.3 is 0 Å². The summed E-state index contributed by atoms with van der Waals surface area (Å²) in [5.74, 6) is 6.24. The highest BCUT2D eigenvalue weighted by molar-refractivity contribution is 5.79. The van der Waals surface area contributed by atoms with E-state index in [0.29, 0.717) is 11.9 Å². The van der Waals surface area contributed by atoms with Crippen molar-refractivity contribution in [1.29, 1.82) is 0 Å². The summed E-state index contributed by atoms with van der Waals surface area (Å²) in [6, 6.07) is 0.0250. The number of primary amides is 1. The van der Waals surface area contributed by atoms with Crippen LogP contribution in [0.3, 0.4) is 0 Å². The second-order valence-corrected chi connectivity index (χ2v) is 5.29. The standard InChI is InChI=1S/C12H22N8O/c1-8(2)20(7-9(13)21)12-16-10(18-14)15-11(17-12)19-5-3-4-6-19/h8H,3-7,14H2,1-2H3,(H2,13,21)(H,15,16,17,18). The zero-order chi connectivity index (χ0) is 15.4. The minimum absolute atomic E-state index is 0.0250. The minimum Gasteiger partial charge on any atom is -0.368 e. The Balaban J connectivity index is 2.35. The van der Waals surface area contributed by atoms with Crippen LogP contribution in [-0.4, -0.2) is 46.5 Å². The predicted molar refractivity (Wildman–Crippen MR) is 80.8 cm³/mol. The highest BCUT2D eigenvalue weighted by atomic mass is 16.1. The average molecular weight is 294 g/mol. The molecule has 116 valence electrons. The fraction of sp³-hybridized carbons (Fsp3) is 0.667. The molecule has 2 rings (SSSR count). The molecule has 1 aliphatic rings. The lowest BCUT2D eigenvalue weighted by molar-refractivity contribution is -0.116. The maximum Gasteiger partial charge on any atom is 0.243 e. The van der Waals surface area contributed by atoms with Gasteiger partial charge in [0.1, 0.15) is 0 Å². The van der Waals surface area contributed by atoms with Gasteiger partial charge in [-0.1, -0.05) is 0 Å². The van der Waals surface area contributed by atoms with Gasteiger partial charge in [0.2, 0.25) is 23.8 Å². The van der Waals surface area contributed by atoms with Crippen LogP contribution in [0.25, 0.3) is 0 Å². The van der Waals surface area contributed by atoms with Crippen LogP contribution in [0, 0.1) is 0 Å². The van der Waals surface area contributed by atoms with Gasteiger partial charge in [0.05, 0.1) is 6.54 Å². The van der Waals surface area contributed by atoms with Crippen LogP contribution >= 0.6 is 0 Å². The molecule has 9 heteroatoms. The van der Waals surface area contributed by atoms with E-state index >= 15 is 0 Å². The van der Waals surface area contributed by atoms with Crippen LogP contribution in [0.15, 0.2) is 0 Å². The Kier molecular flexibility index (Phi) is 4.73. The van der Waals surface area contributed by atoms with Gasteiger partial charge < -0.3 is 15.5 Å². The molecule has 0 atom stereocenters. The second-order valence-electron chi connectivity index (χ2n) is 5.29. The van der Waals surface area contributed by atoms with Crippen LogP contribution in [0.5, 0.6) is 0 Å². The van der Waals surface area contributed by atoms with Crippen molar-refractivity contribution in [1.82, 2.24) is 15.0 Å². The predicted octanol–water partition coefficient (Wildman–Crippen LogP) is -0.542. The molecule has 1 fully saturated rings. The summed E-state index contributed by atoms with van der Waals surface area (Å²) < 4.78 is 0. The molecular formula is C12H22N8O. The second kappa shape index (κ2) is 6.53. The van der Waals surface area contributed by atoms with Crippen LogP contribution in [0.2, 0.25) is 0 Å². The Morgan fingerprint density at radius 1 is 1.33 bits per heavy atom. The highest BCUT2D eigenvalue weighted by Crippen LogP contribution is 2.21. The third kappa shape index (κ3) is 3.69. The first-order chi connectivity index (χ1) is 10.0. The van der Waals surface area contributed by atoms with Crippen molar-refractivity contribution in [3.63, 3.8) is 0 Å². The van der Waals surface area contributed by atoms with Crippen molar-refractivity contribution in [3.05, 3.63) is 0 Å². The maximum atomic E-state index is 11.2. The smallest absolute Gasteiger partial charge is 0.243 e. The van der Waals surface area contributed by atoms with Gasteiger partial charge in [-0.05, 0) is 26.7 Å². The minimum atomic E-state index is -0.436. The van der Waals surface area contributed by atoms with Crippen molar-refractivity contribution < 1.29 is 4.79 Å². The van der Waals surface area contributed by atoms with Gasteiger partial charge in [-0.3, -0.25) is 10.2 Å². The summed E-state index contributed by atoms with van der Waals surface area (Å²) >= 11 is 0. The van der Waals surface area contributed by atoms with Crippen molar-refractivity contribution in [3.8, 4) is 0 Å². The summed E-state index contributed by atoms with van der Waals surface area (Å²) in [6.45, 7) is 5.75. The lowest BCUT2D eigenvalue weighted by atomic mass is 10.3. The number of nitrogens with two attached hydrogens (primary N) is 2. The summed E-state index contributed by atoms with van der Waals surface area (Å²) in [6.07, 6.45) is 2.23. The van der Waals surface area contributed by atoms with E-state index in [1.54, 1.807) is 4.90 Å². The molecule has 21 heavy (non-hydrogen) atoms. The van der Waals surface area contributed by atoms with Gasteiger partial charge in [-0.15, -0.1) is 0 Å². The molecular weight excluding hydrogens is 272 g/mol. The van der Waals surface area contributed by atoms with Crippen LogP contribution < -0.4 is 26.8 Å². The van der Waals surface area contributed by atoms with Crippen molar-refractivity contribution >= 4 is 23.8 Å². The molecule has 2 heterocycles. The van der Waals surface area contributed by atoms with Crippen LogP contribution in [0.1, 0.15) is 26.7 Å². The zero-order valence-corrected chi connectivity index (χ0v) is 12.4. The molecule has 0 aromatic carbocycles. The lowest BCUT2D eigenvalue weighted by Crippen LogP contribution is -2.40. The first-order valence-electron chi connectivity index (χ1n) is 7.04. The lowest BCUT2D eigenvalue weighted by Gasteiger charge is -2.26. The molecule has 5 N–H and O–H groups in total. The molecule has 0 saturated carbocycles. The number of nitrogen functional groups attached to an aromatic ring is 1. The number of hydrogen-bond acceptors (Lipinski definition) is 8. The van der Waals surface area contributed by atoms with Crippen LogP contribution in [0.4, 0.5) is 17.8 Å². The van der Waals surface area contributed by atoms with Crippen molar-refractivity contribution in [2.45, 2.75) is 32.7 Å². The van der Waals surface area contributed by atoms with E-state index in [0.717, 1.165) is 25.9 Å². The number of nitrogens with zero attached hydrogens (tertiary/aromatic N) is 5. The van der Waals surface area contributed by atoms with Crippen molar-refractivity contribution in [2.24, 2.45) is 11.6 Å². The van der Waals surface area contributed by atoms with Gasteiger partial charge in [0.25, 0.3) is 0 Å². The van der Waals surface area contributed by atoms with Crippen molar-refractivity contribution in [2.75, 3.05) is 34.9 Å². The van der Waals surface area contributed by atoms with Gasteiger partial charge in [-0.2, -0.15) is 15.0 Å². The molecule has 1 aromatic heterocycles. The third-order valence-electron chi connectivity index (χ3n) is 3.34. The summed E-state index contributed by atoms with van der Waals surface area (Å²) in [7, 11) is 0. The number of nitrogens with one attached hydrogen (secondary N) is 1. The number of anilines is 3. The number of hydrogen-bond donors (Lipinski definition) is 3. The Hall–Kier alpha value is -2.16. The number of carbonyl (C=O) groups excluding carboxylic acids is 1. The van der Waals surface area contributed by atoms with Gasteiger partial charge in [-0.25, -0.2) is 5.84 Å². The zero-order valence-electron chi connectivity index (χ0n) is 12.4. The summed E-state index contributed by atoms with van der Waals surface area (Å²) in [5.41, 5.74) is 7.74. The summed E-state index contributed by atoms with van der Waals surface area (Å²) in [5, 5.41) is 0. The highest BCUT2D eigenvalue weighted by Gasteiger charge is 2.21. The Morgan fingerprint density at radius 2 is 2.00 bits per heavy atom. The van der Waals surface area contributed by atoms with Crippen LogP contribution in [-0.2, 0) is 4.79 Å². The van der Waals surface area contributed by atoms with E-state index in [4.69, 9.17) is 11.6 Å². The van der Waals surface area contributed by atoms with Gasteiger partial charge in [0, 0.05) is 19.1 Å². The largest absolute Gasteiger partial charge is 0.368 e. The molecule has 0 radical (unpaired) electrons. The molecule has 0 aliphatic carbocycles. The van der Waals surface area contributed by atoms with E-state index in [2.05, 4.69) is 25.3 Å². The molecule has 1 saturated heterocycles. The summed E-state index contributed by atoms with van der Waals surface area (Å²) in [4.78, 5) is 28.0. The van der Waals surface area contributed by atoms with E-state index in [1.807, 2.05) is 13.8 Å². The van der Waals surface area contributed by atoms with E-state index in [1.165, 1.54) is 0 Å². The molecule has 1 aliphatic heterocycles. The number of rotatable bonds is 6. The monoisotopic (exact) mass is 294 g/mol. The Bertz CT molecular complexity index is 500. The molecule has 9 nitrogen and oxygen atoms in total. The molecule has 0 unspecified atom stereocenters. The van der Waals surface area contributed by atoms with Gasteiger partial charge in [0.15, 0.2) is 0 Å². The molecule has 1 amide bonds. The fourth-order valence-electron chi connectivity index (χ4n) is 2.26.